The molecule has 0 atom stereocenters. The lowest BCUT2D eigenvalue weighted by Gasteiger charge is -2.39. The van der Waals surface area contributed by atoms with Crippen molar-refractivity contribution >= 4 is 5.91 Å². The van der Waals surface area contributed by atoms with Crippen LogP contribution in [0.4, 0.5) is 4.39 Å². The van der Waals surface area contributed by atoms with E-state index in [4.69, 9.17) is 9.26 Å². The Hall–Kier alpha value is -4.14. The van der Waals surface area contributed by atoms with Crippen molar-refractivity contribution in [3.05, 3.63) is 78.5 Å². The van der Waals surface area contributed by atoms with E-state index in [1.54, 1.807) is 35.6 Å². The first-order valence-electron chi connectivity index (χ1n) is 9.58. The molecular formula is C22H16FN5O3. The largest absolute Gasteiger partial charge is 0.486 e. The summed E-state index contributed by atoms with van der Waals surface area (Å²) >= 11 is 0. The molecule has 1 aliphatic rings. The van der Waals surface area contributed by atoms with Crippen molar-refractivity contribution in [3.63, 3.8) is 0 Å². The summed E-state index contributed by atoms with van der Waals surface area (Å²) in [4.78, 5) is 26.6. The number of carbonyl (C=O) groups is 1. The first-order valence-corrected chi connectivity index (χ1v) is 9.58. The second-order valence-corrected chi connectivity index (χ2v) is 6.97. The van der Waals surface area contributed by atoms with Crippen LogP contribution in [0.2, 0.25) is 0 Å². The number of amides is 1. The minimum atomic E-state index is -0.437. The molecule has 0 radical (unpaired) electrons. The number of likely N-dealkylation sites (tertiary alicyclic amines) is 1. The van der Waals surface area contributed by atoms with Crippen molar-refractivity contribution in [2.45, 2.75) is 6.10 Å². The number of ether oxygens (including phenoxy) is 1. The monoisotopic (exact) mass is 417 g/mol. The van der Waals surface area contributed by atoms with Crippen LogP contribution in [0.25, 0.3) is 23.0 Å². The zero-order chi connectivity index (χ0) is 21.2. The first kappa shape index (κ1) is 18.9. The average Bonchev–Trinajstić information content (AvgIpc) is 3.26. The minimum absolute atomic E-state index is 0.193. The summed E-state index contributed by atoms with van der Waals surface area (Å²) in [6.45, 7) is 0.802. The molecule has 0 aliphatic carbocycles. The maximum absolute atomic E-state index is 13.4. The lowest BCUT2D eigenvalue weighted by atomic mass is 10.1. The summed E-state index contributed by atoms with van der Waals surface area (Å²) in [6, 6.07) is 13.0. The number of carbonyl (C=O) groups excluding carboxylic acids is 1. The fourth-order valence-corrected chi connectivity index (χ4v) is 3.26. The average molecular weight is 417 g/mol. The Bertz CT molecular complexity index is 1220. The van der Waals surface area contributed by atoms with Crippen LogP contribution in [-0.4, -0.2) is 50.1 Å². The number of aromatic nitrogens is 4. The topological polar surface area (TPSA) is 94.2 Å². The molecule has 0 spiro atoms. The quantitative estimate of drug-likeness (QED) is 0.492. The van der Waals surface area contributed by atoms with E-state index in [-0.39, 0.29) is 12.0 Å². The molecule has 0 unspecified atom stereocenters. The molecule has 0 bridgehead atoms. The number of para-hydroxylation sites is 1. The van der Waals surface area contributed by atoms with Crippen LogP contribution in [0.3, 0.4) is 0 Å². The van der Waals surface area contributed by atoms with E-state index in [1.807, 2.05) is 18.2 Å². The van der Waals surface area contributed by atoms with E-state index < -0.39 is 5.82 Å². The summed E-state index contributed by atoms with van der Waals surface area (Å²) in [5, 5.41) is 3.97. The number of hydrogen-bond acceptors (Lipinski definition) is 7. The summed E-state index contributed by atoms with van der Waals surface area (Å²) in [7, 11) is 0. The lowest BCUT2D eigenvalue weighted by molar-refractivity contribution is 0.0179. The second kappa shape index (κ2) is 7.94. The molecule has 31 heavy (non-hydrogen) atoms. The number of nitrogens with zero attached hydrogens (tertiary/aromatic N) is 5. The highest BCUT2D eigenvalue weighted by atomic mass is 19.1. The molecule has 9 heteroatoms. The molecule has 5 rings (SSSR count). The zero-order valence-electron chi connectivity index (χ0n) is 16.2. The number of rotatable bonds is 5. The van der Waals surface area contributed by atoms with Crippen molar-refractivity contribution < 1.29 is 18.4 Å². The molecule has 1 amide bonds. The third-order valence-corrected chi connectivity index (χ3v) is 4.84. The van der Waals surface area contributed by atoms with Crippen molar-refractivity contribution in [2.24, 2.45) is 0 Å². The Morgan fingerprint density at radius 2 is 2.00 bits per heavy atom. The van der Waals surface area contributed by atoms with Crippen molar-refractivity contribution in [1.29, 1.82) is 0 Å². The molecule has 2 aromatic carbocycles. The molecular weight excluding hydrogens is 401 g/mol. The Kier molecular flexibility index (Phi) is 4.83. The maximum Gasteiger partial charge on any atom is 0.262 e. The fourth-order valence-electron chi connectivity index (χ4n) is 3.26. The normalized spacial score (nSPS) is 13.6. The standard InChI is InChI=1S/C22H16FN5O3/c23-15-5-3-4-14(10-15)22(29)28-12-16(13-28)30-19-7-2-1-6-17(19)21-26-20(27-31-21)18-11-24-8-9-25-18/h1-11,16H,12-13H2. The summed E-state index contributed by atoms with van der Waals surface area (Å²) in [6.07, 6.45) is 4.47. The molecule has 1 fully saturated rings. The fraction of sp³-hybridized carbons (Fsp3) is 0.136. The van der Waals surface area contributed by atoms with Gasteiger partial charge in [0.2, 0.25) is 5.82 Å². The Morgan fingerprint density at radius 1 is 1.13 bits per heavy atom. The van der Waals surface area contributed by atoms with Gasteiger partial charge in [-0.3, -0.25) is 9.78 Å². The van der Waals surface area contributed by atoms with Gasteiger partial charge in [0, 0.05) is 18.0 Å². The van der Waals surface area contributed by atoms with Gasteiger partial charge in [-0.25, -0.2) is 9.37 Å². The number of benzene rings is 2. The van der Waals surface area contributed by atoms with Gasteiger partial charge in [-0.2, -0.15) is 4.98 Å². The Labute approximate surface area is 176 Å². The van der Waals surface area contributed by atoms with Gasteiger partial charge in [-0.15, -0.1) is 0 Å². The predicted octanol–water partition coefficient (Wildman–Crippen LogP) is 3.24. The highest BCUT2D eigenvalue weighted by Gasteiger charge is 2.33. The third-order valence-electron chi connectivity index (χ3n) is 4.84. The Balaban J connectivity index is 1.28. The molecule has 1 saturated heterocycles. The van der Waals surface area contributed by atoms with Crippen LogP contribution in [0.5, 0.6) is 5.75 Å². The van der Waals surface area contributed by atoms with Crippen LogP contribution in [0, 0.1) is 5.82 Å². The van der Waals surface area contributed by atoms with Crippen LogP contribution in [-0.2, 0) is 0 Å². The van der Waals surface area contributed by atoms with Gasteiger partial charge in [0.1, 0.15) is 23.4 Å². The SMILES string of the molecule is O=C(c1cccc(F)c1)N1CC(Oc2ccccc2-c2nc(-c3cnccn3)no2)C1. The highest BCUT2D eigenvalue weighted by molar-refractivity contribution is 5.94. The summed E-state index contributed by atoms with van der Waals surface area (Å²) < 4.78 is 24.8. The van der Waals surface area contributed by atoms with Crippen LogP contribution in [0.15, 0.2) is 71.6 Å². The van der Waals surface area contributed by atoms with Gasteiger partial charge in [-0.05, 0) is 30.3 Å². The van der Waals surface area contributed by atoms with Crippen LogP contribution >= 0.6 is 0 Å². The molecule has 8 nitrogen and oxygen atoms in total. The maximum atomic E-state index is 13.4. The molecule has 1 aliphatic heterocycles. The van der Waals surface area contributed by atoms with Gasteiger partial charge >= 0.3 is 0 Å². The van der Waals surface area contributed by atoms with Gasteiger partial charge in [0.15, 0.2) is 0 Å². The van der Waals surface area contributed by atoms with E-state index in [2.05, 4.69) is 20.1 Å². The summed E-state index contributed by atoms with van der Waals surface area (Å²) in [5.74, 6) is 0.531. The molecule has 154 valence electrons. The van der Waals surface area contributed by atoms with E-state index in [0.717, 1.165) is 0 Å². The first-order chi connectivity index (χ1) is 15.2. The van der Waals surface area contributed by atoms with Crippen LogP contribution < -0.4 is 4.74 Å². The molecule has 0 saturated carbocycles. The van der Waals surface area contributed by atoms with Crippen LogP contribution in [0.1, 0.15) is 10.4 Å². The minimum Gasteiger partial charge on any atom is -0.486 e. The molecule has 2 aromatic heterocycles. The molecule has 3 heterocycles. The highest BCUT2D eigenvalue weighted by Crippen LogP contribution is 2.31. The van der Waals surface area contributed by atoms with Gasteiger partial charge < -0.3 is 14.2 Å². The molecule has 0 N–H and O–H groups in total. The van der Waals surface area contributed by atoms with Gasteiger partial charge in [0.05, 0.1) is 24.8 Å². The second-order valence-electron chi connectivity index (χ2n) is 6.97. The number of hydrogen-bond donors (Lipinski definition) is 0. The summed E-state index contributed by atoms with van der Waals surface area (Å²) in [5.41, 5.74) is 1.46. The Morgan fingerprint density at radius 3 is 2.81 bits per heavy atom. The number of halogens is 1. The third kappa shape index (κ3) is 3.85. The molecule has 4 aromatic rings. The van der Waals surface area contributed by atoms with Gasteiger partial charge in [-0.1, -0.05) is 23.4 Å². The zero-order valence-corrected chi connectivity index (χ0v) is 16.2. The van der Waals surface area contributed by atoms with E-state index >= 15 is 0 Å². The van der Waals surface area contributed by atoms with Crippen molar-refractivity contribution in [2.75, 3.05) is 13.1 Å². The van der Waals surface area contributed by atoms with Crippen molar-refractivity contribution in [1.82, 2.24) is 25.0 Å². The van der Waals surface area contributed by atoms with Gasteiger partial charge in [0.25, 0.3) is 11.8 Å². The van der Waals surface area contributed by atoms with E-state index in [9.17, 15) is 9.18 Å². The van der Waals surface area contributed by atoms with Crippen molar-refractivity contribution in [3.8, 4) is 28.7 Å². The predicted molar refractivity (Wildman–Crippen MR) is 107 cm³/mol. The smallest absolute Gasteiger partial charge is 0.262 e. The van der Waals surface area contributed by atoms with E-state index in [1.165, 1.54) is 18.2 Å². The lowest BCUT2D eigenvalue weighted by Crippen LogP contribution is -2.56. The van der Waals surface area contributed by atoms with E-state index in [0.29, 0.717) is 47.4 Å².